The summed E-state index contributed by atoms with van der Waals surface area (Å²) in [6, 6.07) is 8.21. The number of hydrogen-bond acceptors (Lipinski definition) is 5. The minimum Gasteiger partial charge on any atom is -0.398 e. The maximum atomic E-state index is 13.1. The molecule has 0 atom stereocenters. The summed E-state index contributed by atoms with van der Waals surface area (Å²) in [5.74, 6) is -0.584. The van der Waals surface area contributed by atoms with Gasteiger partial charge in [-0.3, -0.25) is 4.79 Å². The SMILES string of the molecule is CNC(=O)/C(=N/OC)c1cccc(C)c1CO/N=C(\CC(F)(F)F)c1cccc(C(F)(F)F)c1. The molecule has 1 N–H and O–H groups in total. The lowest BCUT2D eigenvalue weighted by Crippen LogP contribution is -2.29. The summed E-state index contributed by atoms with van der Waals surface area (Å²) in [6.07, 6.45) is -11.1. The molecule has 2 rings (SSSR count). The molecule has 1 amide bonds. The summed E-state index contributed by atoms with van der Waals surface area (Å²) >= 11 is 0. The standard InChI is InChI=1S/C22H21F6N3O3/c1-13-6-4-9-16(19(31-33-3)20(32)29-2)17(13)12-34-30-18(11-21(23,24)25)14-7-5-8-15(10-14)22(26,27)28/h4-10H,11-12H2,1-3H3,(H,29,32)/b30-18+,31-19+. The van der Waals surface area contributed by atoms with Crippen molar-refractivity contribution in [2.45, 2.75) is 32.3 Å². The molecule has 12 heteroatoms. The van der Waals surface area contributed by atoms with E-state index >= 15 is 0 Å². The average molecular weight is 489 g/mol. The van der Waals surface area contributed by atoms with Crippen LogP contribution in [0.5, 0.6) is 0 Å². The van der Waals surface area contributed by atoms with Gasteiger partial charge in [0.1, 0.15) is 13.7 Å². The Balaban J connectivity index is 2.44. The van der Waals surface area contributed by atoms with Crippen LogP contribution in [0.25, 0.3) is 0 Å². The van der Waals surface area contributed by atoms with Crippen molar-refractivity contribution in [2.75, 3.05) is 14.2 Å². The van der Waals surface area contributed by atoms with Crippen molar-refractivity contribution in [2.24, 2.45) is 10.3 Å². The van der Waals surface area contributed by atoms with Crippen LogP contribution in [0, 0.1) is 6.92 Å². The molecule has 34 heavy (non-hydrogen) atoms. The number of alkyl halides is 6. The van der Waals surface area contributed by atoms with Crippen molar-refractivity contribution >= 4 is 17.3 Å². The Labute approximate surface area is 191 Å². The van der Waals surface area contributed by atoms with E-state index in [0.717, 1.165) is 18.2 Å². The molecule has 0 saturated carbocycles. The molecule has 2 aromatic carbocycles. The van der Waals surface area contributed by atoms with Gasteiger partial charge in [-0.05, 0) is 24.6 Å². The van der Waals surface area contributed by atoms with Crippen LogP contribution >= 0.6 is 0 Å². The first kappa shape index (κ1) is 26.7. The second-order valence-electron chi connectivity index (χ2n) is 6.98. The highest BCUT2D eigenvalue weighted by Gasteiger charge is 2.34. The number of amides is 1. The van der Waals surface area contributed by atoms with E-state index in [0.29, 0.717) is 17.2 Å². The lowest BCUT2D eigenvalue weighted by Gasteiger charge is -2.14. The molecule has 0 aromatic heterocycles. The van der Waals surface area contributed by atoms with E-state index in [2.05, 4.69) is 15.6 Å². The van der Waals surface area contributed by atoms with Crippen molar-refractivity contribution in [3.8, 4) is 0 Å². The minimum absolute atomic E-state index is 0.107. The van der Waals surface area contributed by atoms with Gasteiger partial charge in [0.15, 0.2) is 5.71 Å². The molecule has 0 heterocycles. The Bertz CT molecular complexity index is 1080. The van der Waals surface area contributed by atoms with E-state index in [-0.39, 0.29) is 23.4 Å². The number of nitrogens with zero attached hydrogens (tertiary/aromatic N) is 2. The third kappa shape index (κ3) is 7.22. The van der Waals surface area contributed by atoms with Gasteiger partial charge in [0.05, 0.1) is 17.7 Å². The van der Waals surface area contributed by atoms with Crippen LogP contribution in [0.3, 0.4) is 0 Å². The lowest BCUT2D eigenvalue weighted by atomic mass is 9.98. The molecule has 6 nitrogen and oxygen atoms in total. The summed E-state index contributed by atoms with van der Waals surface area (Å²) in [5, 5.41) is 9.60. The number of halogens is 6. The van der Waals surface area contributed by atoms with Gasteiger partial charge < -0.3 is 15.0 Å². The van der Waals surface area contributed by atoms with Crippen molar-refractivity contribution in [1.82, 2.24) is 5.32 Å². The van der Waals surface area contributed by atoms with Crippen LogP contribution in [0.2, 0.25) is 0 Å². The van der Waals surface area contributed by atoms with Crippen LogP contribution in [0.4, 0.5) is 26.3 Å². The van der Waals surface area contributed by atoms with Crippen LogP contribution in [0.15, 0.2) is 52.8 Å². The van der Waals surface area contributed by atoms with E-state index in [1.54, 1.807) is 19.1 Å². The highest BCUT2D eigenvalue weighted by atomic mass is 19.4. The van der Waals surface area contributed by atoms with Gasteiger partial charge >= 0.3 is 12.4 Å². The van der Waals surface area contributed by atoms with E-state index < -0.39 is 36.0 Å². The van der Waals surface area contributed by atoms with Gasteiger partial charge in [0, 0.05) is 23.7 Å². The zero-order valence-electron chi connectivity index (χ0n) is 18.3. The lowest BCUT2D eigenvalue weighted by molar-refractivity contribution is -0.137. The third-order valence-electron chi connectivity index (χ3n) is 4.56. The predicted molar refractivity (Wildman–Crippen MR) is 112 cm³/mol. The van der Waals surface area contributed by atoms with E-state index in [9.17, 15) is 31.1 Å². The molecule has 0 unspecified atom stereocenters. The quantitative estimate of drug-likeness (QED) is 0.323. The summed E-state index contributed by atoms with van der Waals surface area (Å²) in [6.45, 7) is 1.28. The summed E-state index contributed by atoms with van der Waals surface area (Å²) in [7, 11) is 2.61. The number of aryl methyl sites for hydroxylation is 1. The monoisotopic (exact) mass is 489 g/mol. The summed E-state index contributed by atoms with van der Waals surface area (Å²) in [4.78, 5) is 22.1. The smallest absolute Gasteiger partial charge is 0.398 e. The number of benzene rings is 2. The fourth-order valence-corrected chi connectivity index (χ4v) is 2.97. The molecular formula is C22H21F6N3O3. The van der Waals surface area contributed by atoms with Crippen molar-refractivity contribution < 1.29 is 40.8 Å². The average Bonchev–Trinajstić information content (AvgIpc) is 2.76. The Hall–Kier alpha value is -3.57. The highest BCUT2D eigenvalue weighted by Crippen LogP contribution is 2.31. The van der Waals surface area contributed by atoms with Crippen LogP contribution in [0.1, 0.15) is 34.2 Å². The summed E-state index contributed by atoms with van der Waals surface area (Å²) < 4.78 is 78.3. The van der Waals surface area contributed by atoms with Crippen molar-refractivity contribution in [1.29, 1.82) is 0 Å². The largest absolute Gasteiger partial charge is 0.416 e. The molecule has 0 radical (unpaired) electrons. The highest BCUT2D eigenvalue weighted by molar-refractivity contribution is 6.45. The number of likely N-dealkylation sites (N-methyl/N-ethyl adjacent to an activating group) is 1. The fourth-order valence-electron chi connectivity index (χ4n) is 2.97. The van der Waals surface area contributed by atoms with Gasteiger partial charge in [-0.15, -0.1) is 0 Å². The number of oxime groups is 2. The first-order valence-electron chi connectivity index (χ1n) is 9.72. The number of nitrogens with one attached hydrogen (secondary N) is 1. The second kappa shape index (κ2) is 11.0. The molecular weight excluding hydrogens is 468 g/mol. The Morgan fingerprint density at radius 3 is 2.29 bits per heavy atom. The molecule has 0 aliphatic carbocycles. The first-order valence-corrected chi connectivity index (χ1v) is 9.72. The van der Waals surface area contributed by atoms with Crippen LogP contribution in [-0.4, -0.2) is 37.7 Å². The number of carbonyl (C=O) groups is 1. The summed E-state index contributed by atoms with van der Waals surface area (Å²) in [5.41, 5.74) is -1.07. The van der Waals surface area contributed by atoms with Crippen molar-refractivity contribution in [3.05, 3.63) is 70.3 Å². The third-order valence-corrected chi connectivity index (χ3v) is 4.56. The Morgan fingerprint density at radius 1 is 1.03 bits per heavy atom. The topological polar surface area (TPSA) is 72.3 Å². The zero-order valence-corrected chi connectivity index (χ0v) is 18.3. The van der Waals surface area contributed by atoms with E-state index in [1.807, 2.05) is 0 Å². The number of carbonyl (C=O) groups excluding carboxylic acids is 1. The van der Waals surface area contributed by atoms with E-state index in [1.165, 1.54) is 20.2 Å². The molecule has 0 saturated heterocycles. The van der Waals surface area contributed by atoms with Crippen molar-refractivity contribution in [3.63, 3.8) is 0 Å². The van der Waals surface area contributed by atoms with Gasteiger partial charge in [0.2, 0.25) is 0 Å². The molecule has 0 aliphatic heterocycles. The van der Waals surface area contributed by atoms with Gasteiger partial charge in [0.25, 0.3) is 5.91 Å². The Morgan fingerprint density at radius 2 is 1.71 bits per heavy atom. The van der Waals surface area contributed by atoms with E-state index in [4.69, 9.17) is 9.68 Å². The maximum Gasteiger partial charge on any atom is 0.416 e. The maximum absolute atomic E-state index is 13.1. The molecule has 0 bridgehead atoms. The predicted octanol–water partition coefficient (Wildman–Crippen LogP) is 4.98. The molecule has 0 spiro atoms. The van der Waals surface area contributed by atoms with Crippen LogP contribution < -0.4 is 5.32 Å². The Kier molecular flexibility index (Phi) is 8.66. The number of hydrogen-bond donors (Lipinski definition) is 1. The second-order valence-corrected chi connectivity index (χ2v) is 6.98. The van der Waals surface area contributed by atoms with Gasteiger partial charge in [-0.2, -0.15) is 26.3 Å². The molecule has 184 valence electrons. The van der Waals surface area contributed by atoms with Crippen LogP contribution in [-0.2, 0) is 27.3 Å². The normalized spacial score (nSPS) is 13.0. The van der Waals surface area contributed by atoms with Gasteiger partial charge in [-0.25, -0.2) is 0 Å². The fraction of sp³-hybridized carbons (Fsp3) is 0.318. The zero-order chi connectivity index (χ0) is 25.5. The molecule has 2 aromatic rings. The minimum atomic E-state index is -4.75. The van der Waals surface area contributed by atoms with Gasteiger partial charge in [-0.1, -0.05) is 40.6 Å². The number of rotatable bonds is 8. The molecule has 0 aliphatic rings. The first-order chi connectivity index (χ1) is 15.9. The molecule has 0 fully saturated rings.